The second kappa shape index (κ2) is 3.17. The van der Waals surface area contributed by atoms with Crippen LogP contribution in [-0.2, 0) is 0 Å². The van der Waals surface area contributed by atoms with Gasteiger partial charge in [-0.3, -0.25) is 0 Å². The van der Waals surface area contributed by atoms with Gasteiger partial charge in [0.15, 0.2) is 0 Å². The van der Waals surface area contributed by atoms with Gasteiger partial charge in [-0.2, -0.15) is 0 Å². The summed E-state index contributed by atoms with van der Waals surface area (Å²) in [5.74, 6) is 0.780. The van der Waals surface area contributed by atoms with Crippen LogP contribution in [0, 0.1) is 12.3 Å². The Labute approximate surface area is 89.5 Å². The maximum atomic E-state index is 4.35. The zero-order chi connectivity index (χ0) is 10.3. The van der Waals surface area contributed by atoms with Crippen LogP contribution in [0.5, 0.6) is 0 Å². The Morgan fingerprint density at radius 2 is 2.27 bits per heavy atom. The fourth-order valence-corrected chi connectivity index (χ4v) is 2.56. The Bertz CT molecular complexity index is 365. The summed E-state index contributed by atoms with van der Waals surface area (Å²) in [6, 6.07) is 2.50. The first-order valence-electron chi connectivity index (χ1n) is 5.53. The topological polar surface area (TPSA) is 49.8 Å². The van der Waals surface area contributed by atoms with Gasteiger partial charge in [0.1, 0.15) is 0 Å². The average molecular weight is 204 g/mol. The highest BCUT2D eigenvalue weighted by atomic mass is 15.1. The average Bonchev–Trinajstić information content (AvgIpc) is 2.07. The van der Waals surface area contributed by atoms with E-state index >= 15 is 0 Å². The van der Waals surface area contributed by atoms with Crippen molar-refractivity contribution in [3.8, 4) is 0 Å². The number of hydrogen-bond acceptors (Lipinski definition) is 4. The summed E-state index contributed by atoms with van der Waals surface area (Å²) < 4.78 is 0. The highest BCUT2D eigenvalue weighted by Gasteiger charge is 2.48. The predicted octanol–water partition coefficient (Wildman–Crippen LogP) is 0.949. The molecule has 0 radical (unpaired) electrons. The molecule has 1 saturated heterocycles. The Kier molecular flexibility index (Phi) is 1.92. The molecule has 2 heterocycles. The standard InChI is InChI=1S/C11H16N4/c1-8-2-3-13-10(14-8)15-9-4-11(5-9)6-12-7-11/h2-3,9,12H,4-7H2,1H3,(H,13,14,15). The number of aromatic nitrogens is 2. The van der Waals surface area contributed by atoms with Crippen LogP contribution in [-0.4, -0.2) is 29.1 Å². The molecule has 2 fully saturated rings. The number of anilines is 1. The Morgan fingerprint density at radius 1 is 1.47 bits per heavy atom. The smallest absolute Gasteiger partial charge is 0.223 e. The molecule has 0 amide bonds. The maximum absolute atomic E-state index is 4.35. The lowest BCUT2D eigenvalue weighted by atomic mass is 9.62. The molecule has 0 unspecified atom stereocenters. The second-order valence-corrected chi connectivity index (χ2v) is 4.87. The van der Waals surface area contributed by atoms with E-state index in [1.54, 1.807) is 0 Å². The summed E-state index contributed by atoms with van der Waals surface area (Å²) in [6.07, 6.45) is 4.33. The van der Waals surface area contributed by atoms with Crippen LogP contribution in [0.25, 0.3) is 0 Å². The summed E-state index contributed by atoms with van der Waals surface area (Å²) in [4.78, 5) is 8.56. The Hall–Kier alpha value is -1.16. The molecule has 1 aliphatic carbocycles. The SMILES string of the molecule is Cc1ccnc(NC2CC3(CNC3)C2)n1. The van der Waals surface area contributed by atoms with E-state index in [2.05, 4.69) is 20.6 Å². The van der Waals surface area contributed by atoms with Crippen molar-refractivity contribution in [1.82, 2.24) is 15.3 Å². The minimum atomic E-state index is 0.578. The van der Waals surface area contributed by atoms with E-state index in [1.165, 1.54) is 25.9 Å². The monoisotopic (exact) mass is 204 g/mol. The van der Waals surface area contributed by atoms with Gasteiger partial charge in [-0.25, -0.2) is 9.97 Å². The van der Waals surface area contributed by atoms with E-state index in [0.717, 1.165) is 11.6 Å². The van der Waals surface area contributed by atoms with Crippen LogP contribution in [0.4, 0.5) is 5.95 Å². The molecule has 1 aliphatic heterocycles. The predicted molar refractivity (Wildman–Crippen MR) is 58.7 cm³/mol. The first-order valence-corrected chi connectivity index (χ1v) is 5.53. The Morgan fingerprint density at radius 3 is 2.87 bits per heavy atom. The van der Waals surface area contributed by atoms with Crippen molar-refractivity contribution in [2.45, 2.75) is 25.8 Å². The molecule has 1 aromatic heterocycles. The van der Waals surface area contributed by atoms with Gasteiger partial charge in [-0.15, -0.1) is 0 Å². The molecule has 1 spiro atoms. The molecule has 4 heteroatoms. The number of nitrogens with zero attached hydrogens (tertiary/aromatic N) is 2. The van der Waals surface area contributed by atoms with Crippen molar-refractivity contribution in [3.63, 3.8) is 0 Å². The van der Waals surface area contributed by atoms with Crippen molar-refractivity contribution in [2.75, 3.05) is 18.4 Å². The van der Waals surface area contributed by atoms with Crippen molar-refractivity contribution in [3.05, 3.63) is 18.0 Å². The maximum Gasteiger partial charge on any atom is 0.223 e. The number of nitrogens with one attached hydrogen (secondary N) is 2. The van der Waals surface area contributed by atoms with Crippen molar-refractivity contribution in [1.29, 1.82) is 0 Å². The summed E-state index contributed by atoms with van der Waals surface area (Å²) in [5.41, 5.74) is 1.63. The van der Waals surface area contributed by atoms with Crippen LogP contribution < -0.4 is 10.6 Å². The summed E-state index contributed by atoms with van der Waals surface area (Å²) in [5, 5.41) is 6.73. The van der Waals surface area contributed by atoms with Gasteiger partial charge in [-0.1, -0.05) is 0 Å². The fraction of sp³-hybridized carbons (Fsp3) is 0.636. The molecular weight excluding hydrogens is 188 g/mol. The molecule has 2 N–H and O–H groups in total. The highest BCUT2D eigenvalue weighted by molar-refractivity contribution is 5.29. The van der Waals surface area contributed by atoms with Crippen LogP contribution in [0.2, 0.25) is 0 Å². The first kappa shape index (κ1) is 9.09. The number of aryl methyl sites for hydroxylation is 1. The number of hydrogen-bond donors (Lipinski definition) is 2. The molecule has 1 aromatic rings. The first-order chi connectivity index (χ1) is 7.26. The quantitative estimate of drug-likeness (QED) is 0.753. The minimum Gasteiger partial charge on any atom is -0.351 e. The van der Waals surface area contributed by atoms with Gasteiger partial charge < -0.3 is 10.6 Å². The molecule has 4 nitrogen and oxygen atoms in total. The number of rotatable bonds is 2. The third-order valence-corrected chi connectivity index (χ3v) is 3.49. The largest absolute Gasteiger partial charge is 0.351 e. The van der Waals surface area contributed by atoms with E-state index < -0.39 is 0 Å². The van der Waals surface area contributed by atoms with Gasteiger partial charge in [0.2, 0.25) is 5.95 Å². The van der Waals surface area contributed by atoms with E-state index in [-0.39, 0.29) is 0 Å². The highest BCUT2D eigenvalue weighted by Crippen LogP contribution is 2.44. The van der Waals surface area contributed by atoms with Gasteiger partial charge >= 0.3 is 0 Å². The normalized spacial score (nSPS) is 23.3. The zero-order valence-electron chi connectivity index (χ0n) is 8.95. The molecule has 2 aliphatic rings. The second-order valence-electron chi connectivity index (χ2n) is 4.87. The fourth-order valence-electron chi connectivity index (χ4n) is 2.56. The minimum absolute atomic E-state index is 0.578. The molecule has 80 valence electrons. The molecule has 3 rings (SSSR count). The molecule has 0 atom stereocenters. The molecule has 0 aromatic carbocycles. The van der Waals surface area contributed by atoms with Crippen LogP contribution in [0.15, 0.2) is 12.3 Å². The third kappa shape index (κ3) is 1.59. The van der Waals surface area contributed by atoms with E-state index in [0.29, 0.717) is 11.5 Å². The lowest BCUT2D eigenvalue weighted by Gasteiger charge is -2.54. The van der Waals surface area contributed by atoms with Crippen LogP contribution >= 0.6 is 0 Å². The van der Waals surface area contributed by atoms with Crippen LogP contribution in [0.3, 0.4) is 0 Å². The van der Waals surface area contributed by atoms with Gasteiger partial charge in [0.05, 0.1) is 0 Å². The lowest BCUT2D eigenvalue weighted by molar-refractivity contribution is 0.0467. The molecule has 1 saturated carbocycles. The van der Waals surface area contributed by atoms with Crippen LogP contribution in [0.1, 0.15) is 18.5 Å². The molecule has 15 heavy (non-hydrogen) atoms. The van der Waals surface area contributed by atoms with Gasteiger partial charge in [0, 0.05) is 31.0 Å². The van der Waals surface area contributed by atoms with E-state index in [1.807, 2.05) is 19.2 Å². The van der Waals surface area contributed by atoms with E-state index in [4.69, 9.17) is 0 Å². The van der Waals surface area contributed by atoms with Crippen molar-refractivity contribution < 1.29 is 0 Å². The molecular formula is C11H16N4. The van der Waals surface area contributed by atoms with Gasteiger partial charge in [0.25, 0.3) is 0 Å². The summed E-state index contributed by atoms with van der Waals surface area (Å²) in [7, 11) is 0. The van der Waals surface area contributed by atoms with Gasteiger partial charge in [-0.05, 0) is 31.2 Å². The summed E-state index contributed by atoms with van der Waals surface area (Å²) >= 11 is 0. The van der Waals surface area contributed by atoms with Crippen molar-refractivity contribution in [2.24, 2.45) is 5.41 Å². The Balaban J connectivity index is 1.58. The summed E-state index contributed by atoms with van der Waals surface area (Å²) in [6.45, 7) is 4.38. The van der Waals surface area contributed by atoms with E-state index in [9.17, 15) is 0 Å². The van der Waals surface area contributed by atoms with Crippen molar-refractivity contribution >= 4 is 5.95 Å². The zero-order valence-corrected chi connectivity index (χ0v) is 8.95. The lowest BCUT2D eigenvalue weighted by Crippen LogP contribution is -2.63. The molecule has 0 bridgehead atoms. The third-order valence-electron chi connectivity index (χ3n) is 3.49.